The second-order valence-electron chi connectivity index (χ2n) is 6.27. The zero-order chi connectivity index (χ0) is 14.3. The summed E-state index contributed by atoms with van der Waals surface area (Å²) < 4.78 is 1.93. The number of benzene rings is 1. The molecule has 1 heterocycles. The molecule has 0 fully saturated rings. The molecule has 0 saturated heterocycles. The second kappa shape index (κ2) is 4.46. The Kier molecular flexibility index (Phi) is 2.88. The van der Waals surface area contributed by atoms with E-state index in [9.17, 15) is 0 Å². The van der Waals surface area contributed by atoms with E-state index < -0.39 is 0 Å². The quantitative estimate of drug-likeness (QED) is 0.863. The number of nitrogens with zero attached hydrogens (tertiary/aromatic N) is 3. The number of nitrogens with two attached hydrogens (primary N) is 1. The summed E-state index contributed by atoms with van der Waals surface area (Å²) in [4.78, 5) is 0. The average molecular weight is 266 g/mol. The molecule has 2 aromatic rings. The van der Waals surface area contributed by atoms with Gasteiger partial charge in [0.05, 0.1) is 23.5 Å². The topological polar surface area (TPSA) is 67.6 Å². The van der Waals surface area contributed by atoms with Crippen molar-refractivity contribution in [3.05, 3.63) is 47.3 Å². The molecule has 0 spiro atoms. The third-order valence-corrected chi connectivity index (χ3v) is 3.94. The minimum atomic E-state index is 0.0432. The molecule has 1 aliphatic rings. The molecule has 2 N–H and O–H groups in total. The van der Waals surface area contributed by atoms with E-state index in [0.29, 0.717) is 5.56 Å². The summed E-state index contributed by atoms with van der Waals surface area (Å²) in [5.74, 6) is 0. The number of rotatable bonds is 1. The number of hydrogen-bond donors (Lipinski definition) is 1. The lowest BCUT2D eigenvalue weighted by Crippen LogP contribution is -2.30. The van der Waals surface area contributed by atoms with Crippen molar-refractivity contribution < 1.29 is 0 Å². The summed E-state index contributed by atoms with van der Waals surface area (Å²) in [5, 5.41) is 13.5. The maximum Gasteiger partial charge on any atom is 0.0992 e. The molecule has 0 saturated carbocycles. The van der Waals surface area contributed by atoms with Crippen molar-refractivity contribution in [1.82, 2.24) is 9.78 Å². The number of hydrogen-bond acceptors (Lipinski definition) is 3. The lowest BCUT2D eigenvalue weighted by atomic mass is 9.74. The van der Waals surface area contributed by atoms with Crippen molar-refractivity contribution >= 4 is 0 Å². The van der Waals surface area contributed by atoms with Crippen LogP contribution in [0.4, 0.5) is 0 Å². The van der Waals surface area contributed by atoms with Gasteiger partial charge in [0.15, 0.2) is 0 Å². The molecule has 1 atom stereocenters. The lowest BCUT2D eigenvalue weighted by Gasteiger charge is -2.33. The van der Waals surface area contributed by atoms with Crippen LogP contribution in [0.25, 0.3) is 5.69 Å². The maximum atomic E-state index is 9.02. The van der Waals surface area contributed by atoms with Gasteiger partial charge in [-0.1, -0.05) is 19.9 Å². The van der Waals surface area contributed by atoms with Crippen LogP contribution in [0.2, 0.25) is 0 Å². The molecular weight excluding hydrogens is 248 g/mol. The Morgan fingerprint density at radius 2 is 2.25 bits per heavy atom. The van der Waals surface area contributed by atoms with E-state index in [-0.39, 0.29) is 11.5 Å². The first-order valence-corrected chi connectivity index (χ1v) is 6.83. The van der Waals surface area contributed by atoms with Crippen molar-refractivity contribution in [2.45, 2.75) is 32.7 Å². The Balaban J connectivity index is 2.11. The molecule has 102 valence electrons. The van der Waals surface area contributed by atoms with Gasteiger partial charge in [-0.05, 0) is 36.5 Å². The zero-order valence-corrected chi connectivity index (χ0v) is 11.8. The molecule has 0 radical (unpaired) electrons. The summed E-state index contributed by atoms with van der Waals surface area (Å²) >= 11 is 0. The molecule has 4 nitrogen and oxygen atoms in total. The fourth-order valence-corrected chi connectivity index (χ4v) is 3.03. The summed E-state index contributed by atoms with van der Waals surface area (Å²) in [6.07, 6.45) is 3.80. The van der Waals surface area contributed by atoms with E-state index in [1.807, 2.05) is 29.1 Å². The van der Waals surface area contributed by atoms with Crippen molar-refractivity contribution in [3.8, 4) is 11.8 Å². The predicted octanol–water partition coefficient (Wildman–Crippen LogP) is 2.72. The van der Waals surface area contributed by atoms with Gasteiger partial charge in [0.25, 0.3) is 0 Å². The Morgan fingerprint density at radius 1 is 1.45 bits per heavy atom. The first-order chi connectivity index (χ1) is 9.50. The van der Waals surface area contributed by atoms with Crippen LogP contribution in [0.1, 0.15) is 43.1 Å². The van der Waals surface area contributed by atoms with E-state index in [2.05, 4.69) is 25.0 Å². The lowest BCUT2D eigenvalue weighted by molar-refractivity contribution is 0.278. The second-order valence-corrected chi connectivity index (χ2v) is 6.27. The molecule has 1 aliphatic carbocycles. The van der Waals surface area contributed by atoms with Gasteiger partial charge < -0.3 is 5.73 Å². The van der Waals surface area contributed by atoms with Gasteiger partial charge in [-0.15, -0.1) is 0 Å². The van der Waals surface area contributed by atoms with E-state index in [4.69, 9.17) is 11.0 Å². The number of nitriles is 1. The highest BCUT2D eigenvalue weighted by molar-refractivity contribution is 5.43. The maximum absolute atomic E-state index is 9.02. The molecule has 4 heteroatoms. The minimum absolute atomic E-state index is 0.0432. The smallest absolute Gasteiger partial charge is 0.0992 e. The molecule has 1 aromatic carbocycles. The predicted molar refractivity (Wildman–Crippen MR) is 77.3 cm³/mol. The molecule has 20 heavy (non-hydrogen) atoms. The third-order valence-electron chi connectivity index (χ3n) is 3.94. The first kappa shape index (κ1) is 12.9. The van der Waals surface area contributed by atoms with Gasteiger partial charge in [-0.2, -0.15) is 10.4 Å². The van der Waals surface area contributed by atoms with Gasteiger partial charge >= 0.3 is 0 Å². The standard InChI is InChI=1S/C16H18N4/c1-16(2)7-14(18)13-10-19-20(15(13)8-16)12-5-3-4-11(6-12)9-17/h3-6,10,14H,7-8,18H2,1-2H3. The highest BCUT2D eigenvalue weighted by atomic mass is 15.3. The summed E-state index contributed by atoms with van der Waals surface area (Å²) in [5.41, 5.74) is 10.3. The largest absolute Gasteiger partial charge is 0.324 e. The van der Waals surface area contributed by atoms with Crippen LogP contribution in [0.5, 0.6) is 0 Å². The molecule has 0 bridgehead atoms. The van der Waals surface area contributed by atoms with Gasteiger partial charge in [0.2, 0.25) is 0 Å². The molecular formula is C16H18N4. The van der Waals surface area contributed by atoms with Crippen molar-refractivity contribution in [1.29, 1.82) is 5.26 Å². The average Bonchev–Trinajstić information content (AvgIpc) is 2.81. The van der Waals surface area contributed by atoms with Crippen LogP contribution in [-0.2, 0) is 6.42 Å². The van der Waals surface area contributed by atoms with E-state index in [0.717, 1.165) is 24.1 Å². The van der Waals surface area contributed by atoms with E-state index >= 15 is 0 Å². The van der Waals surface area contributed by atoms with Gasteiger partial charge in [0, 0.05) is 17.3 Å². The normalized spacial score (nSPS) is 20.2. The van der Waals surface area contributed by atoms with Crippen molar-refractivity contribution in [3.63, 3.8) is 0 Å². The van der Waals surface area contributed by atoms with Crippen LogP contribution in [0.15, 0.2) is 30.5 Å². The van der Waals surface area contributed by atoms with Crippen molar-refractivity contribution in [2.24, 2.45) is 11.1 Å². The van der Waals surface area contributed by atoms with Crippen LogP contribution in [-0.4, -0.2) is 9.78 Å². The highest BCUT2D eigenvalue weighted by Gasteiger charge is 2.33. The Bertz CT molecular complexity index is 691. The summed E-state index contributed by atoms with van der Waals surface area (Å²) in [7, 11) is 0. The van der Waals surface area contributed by atoms with Gasteiger partial charge in [0.1, 0.15) is 0 Å². The fraction of sp³-hybridized carbons (Fsp3) is 0.375. The Hall–Kier alpha value is -2.12. The molecule has 0 aliphatic heterocycles. The summed E-state index contributed by atoms with van der Waals surface area (Å²) in [6, 6.07) is 9.73. The minimum Gasteiger partial charge on any atom is -0.324 e. The third kappa shape index (κ3) is 2.10. The van der Waals surface area contributed by atoms with Crippen LogP contribution < -0.4 is 5.73 Å². The number of aromatic nitrogens is 2. The Morgan fingerprint density at radius 3 is 3.00 bits per heavy atom. The van der Waals surface area contributed by atoms with Crippen LogP contribution >= 0.6 is 0 Å². The van der Waals surface area contributed by atoms with E-state index in [1.54, 1.807) is 6.07 Å². The van der Waals surface area contributed by atoms with Crippen molar-refractivity contribution in [2.75, 3.05) is 0 Å². The SMILES string of the molecule is CC1(C)Cc2c(cnn2-c2cccc(C#N)c2)C(N)C1. The molecule has 1 aromatic heterocycles. The zero-order valence-electron chi connectivity index (χ0n) is 11.8. The molecule has 1 unspecified atom stereocenters. The first-order valence-electron chi connectivity index (χ1n) is 6.83. The van der Waals surface area contributed by atoms with Gasteiger partial charge in [-0.25, -0.2) is 4.68 Å². The van der Waals surface area contributed by atoms with Gasteiger partial charge in [-0.3, -0.25) is 0 Å². The highest BCUT2D eigenvalue weighted by Crippen LogP contribution is 2.40. The molecule has 3 rings (SSSR count). The van der Waals surface area contributed by atoms with Crippen LogP contribution in [0, 0.1) is 16.7 Å². The monoisotopic (exact) mass is 266 g/mol. The van der Waals surface area contributed by atoms with Crippen LogP contribution in [0.3, 0.4) is 0 Å². The van der Waals surface area contributed by atoms with E-state index in [1.165, 1.54) is 5.69 Å². The fourth-order valence-electron chi connectivity index (χ4n) is 3.03. The Labute approximate surface area is 118 Å². The molecule has 0 amide bonds. The number of fused-ring (bicyclic) bond motifs is 1. The summed E-state index contributed by atoms with van der Waals surface area (Å²) in [6.45, 7) is 4.47.